The van der Waals surface area contributed by atoms with Crippen LogP contribution in [0.1, 0.15) is 38.1 Å². The van der Waals surface area contributed by atoms with Crippen LogP contribution in [-0.4, -0.2) is 18.5 Å². The van der Waals surface area contributed by atoms with E-state index < -0.39 is 5.97 Å². The summed E-state index contributed by atoms with van der Waals surface area (Å²) in [5.74, 6) is -0.650. The summed E-state index contributed by atoms with van der Waals surface area (Å²) in [7, 11) is 0. The number of hydrogen-bond acceptors (Lipinski definition) is 5. The molecule has 0 bridgehead atoms. The van der Waals surface area contributed by atoms with Crippen LogP contribution in [0.2, 0.25) is 0 Å². The Labute approximate surface area is 160 Å². The maximum absolute atomic E-state index is 12.6. The largest absolute Gasteiger partial charge is 0.462 e. The van der Waals surface area contributed by atoms with Gasteiger partial charge in [0.1, 0.15) is 10.6 Å². The zero-order valence-electron chi connectivity index (χ0n) is 14.8. The van der Waals surface area contributed by atoms with Crippen molar-refractivity contribution in [2.45, 2.75) is 20.8 Å². The highest BCUT2D eigenvalue weighted by Gasteiger charge is 2.23. The van der Waals surface area contributed by atoms with Gasteiger partial charge in [-0.1, -0.05) is 24.3 Å². The quantitative estimate of drug-likeness (QED) is 0.588. The van der Waals surface area contributed by atoms with Crippen molar-refractivity contribution in [2.75, 3.05) is 11.9 Å². The van der Waals surface area contributed by atoms with Gasteiger partial charge < -0.3 is 10.1 Å². The fraction of sp³-hybridized carbons (Fsp3) is 0.200. The van der Waals surface area contributed by atoms with Crippen molar-refractivity contribution in [3.63, 3.8) is 0 Å². The molecule has 0 atom stereocenters. The van der Waals surface area contributed by atoms with Gasteiger partial charge in [-0.3, -0.25) is 4.79 Å². The second kappa shape index (κ2) is 7.85. The molecule has 3 rings (SSSR count). The minimum atomic E-state index is -0.427. The maximum Gasteiger partial charge on any atom is 0.341 e. The Morgan fingerprint density at radius 2 is 1.92 bits per heavy atom. The number of carbonyl (C=O) groups excluding carboxylic acids is 2. The molecule has 2 aromatic heterocycles. The molecule has 26 heavy (non-hydrogen) atoms. The van der Waals surface area contributed by atoms with Crippen molar-refractivity contribution in [3.8, 4) is 11.1 Å². The number of hydrogen-bond donors (Lipinski definition) is 1. The smallest absolute Gasteiger partial charge is 0.341 e. The van der Waals surface area contributed by atoms with E-state index in [9.17, 15) is 9.59 Å². The fourth-order valence-electron chi connectivity index (χ4n) is 2.55. The molecule has 0 aliphatic heterocycles. The van der Waals surface area contributed by atoms with Gasteiger partial charge >= 0.3 is 5.97 Å². The van der Waals surface area contributed by atoms with E-state index in [2.05, 4.69) is 5.32 Å². The number of nitrogens with one attached hydrogen (secondary N) is 1. The van der Waals surface area contributed by atoms with E-state index in [1.807, 2.05) is 48.9 Å². The van der Waals surface area contributed by atoms with Crippen LogP contribution in [0.5, 0.6) is 0 Å². The maximum atomic E-state index is 12.6. The summed E-state index contributed by atoms with van der Waals surface area (Å²) < 4.78 is 5.23. The zero-order chi connectivity index (χ0) is 18.7. The van der Waals surface area contributed by atoms with E-state index in [1.54, 1.807) is 13.0 Å². The average Bonchev–Trinajstić information content (AvgIpc) is 3.27. The van der Waals surface area contributed by atoms with Crippen molar-refractivity contribution < 1.29 is 14.3 Å². The van der Waals surface area contributed by atoms with Crippen LogP contribution in [0.3, 0.4) is 0 Å². The first-order valence-electron chi connectivity index (χ1n) is 8.22. The molecule has 2 heterocycles. The molecule has 0 saturated heterocycles. The van der Waals surface area contributed by atoms with Crippen LogP contribution >= 0.6 is 22.7 Å². The van der Waals surface area contributed by atoms with Crippen LogP contribution in [0.4, 0.5) is 5.00 Å². The molecular weight excluding hydrogens is 366 g/mol. The number of thiophene rings is 2. The summed E-state index contributed by atoms with van der Waals surface area (Å²) >= 11 is 2.69. The second-order valence-corrected chi connectivity index (χ2v) is 7.63. The van der Waals surface area contributed by atoms with Crippen LogP contribution in [0.15, 0.2) is 41.1 Å². The van der Waals surface area contributed by atoms with Crippen molar-refractivity contribution in [1.29, 1.82) is 0 Å². The highest BCUT2D eigenvalue weighted by atomic mass is 32.1. The van der Waals surface area contributed by atoms with E-state index in [4.69, 9.17) is 4.74 Å². The molecule has 0 unspecified atom stereocenters. The van der Waals surface area contributed by atoms with Crippen molar-refractivity contribution in [3.05, 3.63) is 62.7 Å². The lowest BCUT2D eigenvalue weighted by molar-refractivity contribution is 0.0529. The molecule has 1 N–H and O–H groups in total. The molecule has 3 aromatic rings. The van der Waals surface area contributed by atoms with Crippen LogP contribution in [-0.2, 0) is 4.74 Å². The average molecular weight is 386 g/mol. The van der Waals surface area contributed by atoms with Crippen LogP contribution in [0, 0.1) is 13.8 Å². The van der Waals surface area contributed by atoms with Crippen molar-refractivity contribution >= 4 is 39.6 Å². The lowest BCUT2D eigenvalue weighted by Gasteiger charge is -2.09. The summed E-state index contributed by atoms with van der Waals surface area (Å²) in [5, 5.41) is 7.10. The molecule has 134 valence electrons. The van der Waals surface area contributed by atoms with E-state index in [0.29, 0.717) is 15.4 Å². The molecule has 4 nitrogen and oxygen atoms in total. The molecule has 1 amide bonds. The Balaban J connectivity index is 2.02. The number of rotatable bonds is 5. The molecule has 0 aliphatic carbocycles. The Hall–Kier alpha value is -2.44. The summed E-state index contributed by atoms with van der Waals surface area (Å²) in [6, 6.07) is 9.63. The molecule has 0 radical (unpaired) electrons. The zero-order valence-corrected chi connectivity index (χ0v) is 16.4. The van der Waals surface area contributed by atoms with Crippen molar-refractivity contribution in [2.24, 2.45) is 0 Å². The van der Waals surface area contributed by atoms with Gasteiger partial charge in [-0.25, -0.2) is 4.79 Å². The second-order valence-electron chi connectivity index (χ2n) is 5.80. The predicted octanol–water partition coefficient (Wildman–Crippen LogP) is 5.52. The SMILES string of the molecule is CCOC(=O)c1c(-c2ccc(C)c(C)c2)csc1NC(=O)c1cccs1. The number of carbonyl (C=O) groups is 2. The van der Waals surface area contributed by atoms with Gasteiger partial charge in [-0.15, -0.1) is 22.7 Å². The highest BCUT2D eigenvalue weighted by molar-refractivity contribution is 7.15. The molecule has 1 aromatic carbocycles. The first-order valence-corrected chi connectivity index (χ1v) is 9.98. The summed E-state index contributed by atoms with van der Waals surface area (Å²) in [6.45, 7) is 6.13. The standard InChI is InChI=1S/C20H19NO3S2/c1-4-24-20(23)17-15(14-8-7-12(2)13(3)10-14)11-26-19(17)21-18(22)16-6-5-9-25-16/h5-11H,4H2,1-3H3,(H,21,22). The van der Waals surface area contributed by atoms with Gasteiger partial charge in [-0.05, 0) is 48.9 Å². The van der Waals surface area contributed by atoms with Gasteiger partial charge in [0.15, 0.2) is 0 Å². The summed E-state index contributed by atoms with van der Waals surface area (Å²) in [6.07, 6.45) is 0. The van der Waals surface area contributed by atoms with Crippen molar-refractivity contribution in [1.82, 2.24) is 0 Å². The highest BCUT2D eigenvalue weighted by Crippen LogP contribution is 2.37. The van der Waals surface area contributed by atoms with E-state index in [1.165, 1.54) is 28.2 Å². The Morgan fingerprint density at radius 3 is 2.58 bits per heavy atom. The number of aryl methyl sites for hydroxylation is 2. The molecular formula is C20H19NO3S2. The molecule has 0 spiro atoms. The third-order valence-corrected chi connectivity index (χ3v) is 5.82. The normalized spacial score (nSPS) is 10.6. The van der Waals surface area contributed by atoms with Crippen LogP contribution < -0.4 is 5.32 Å². The topological polar surface area (TPSA) is 55.4 Å². The van der Waals surface area contributed by atoms with Gasteiger partial charge in [-0.2, -0.15) is 0 Å². The summed E-state index contributed by atoms with van der Waals surface area (Å²) in [5.41, 5.74) is 4.45. The Kier molecular flexibility index (Phi) is 5.54. The minimum Gasteiger partial charge on any atom is -0.462 e. The van der Waals surface area contributed by atoms with Gasteiger partial charge in [0.2, 0.25) is 0 Å². The number of esters is 1. The summed E-state index contributed by atoms with van der Waals surface area (Å²) in [4.78, 5) is 25.6. The van der Waals surface area contributed by atoms with Gasteiger partial charge in [0.25, 0.3) is 5.91 Å². The molecule has 0 fully saturated rings. The Bertz CT molecular complexity index is 942. The number of ether oxygens (including phenoxy) is 1. The van der Waals surface area contributed by atoms with E-state index >= 15 is 0 Å². The van der Waals surface area contributed by atoms with Gasteiger partial charge in [0.05, 0.1) is 11.5 Å². The molecule has 0 saturated carbocycles. The van der Waals surface area contributed by atoms with Crippen LogP contribution in [0.25, 0.3) is 11.1 Å². The lowest BCUT2D eigenvalue weighted by Crippen LogP contribution is -2.13. The molecule has 6 heteroatoms. The monoisotopic (exact) mass is 385 g/mol. The lowest BCUT2D eigenvalue weighted by atomic mass is 9.99. The predicted molar refractivity (Wildman–Crippen MR) is 107 cm³/mol. The number of amides is 1. The first kappa shape index (κ1) is 18.4. The third kappa shape index (κ3) is 3.71. The molecule has 0 aliphatic rings. The first-order chi connectivity index (χ1) is 12.5. The Morgan fingerprint density at radius 1 is 1.12 bits per heavy atom. The van der Waals surface area contributed by atoms with E-state index in [-0.39, 0.29) is 12.5 Å². The van der Waals surface area contributed by atoms with E-state index in [0.717, 1.165) is 16.7 Å². The fourth-order valence-corrected chi connectivity index (χ4v) is 4.12. The number of anilines is 1. The van der Waals surface area contributed by atoms with Gasteiger partial charge in [0, 0.05) is 10.9 Å². The third-order valence-electron chi connectivity index (χ3n) is 4.06. The number of benzene rings is 1. The minimum absolute atomic E-state index is 0.223.